The zero-order chi connectivity index (χ0) is 28.8. The fraction of sp³-hybridized carbons (Fsp3) is 0.414. The molecule has 3 aromatic rings. The van der Waals surface area contributed by atoms with Gasteiger partial charge >= 0.3 is 0 Å². The molecule has 0 radical (unpaired) electrons. The fourth-order valence-electron chi connectivity index (χ4n) is 5.16. The Hall–Kier alpha value is -4.16. The second-order valence-electron chi connectivity index (χ2n) is 10.3. The van der Waals surface area contributed by atoms with Gasteiger partial charge in [-0.2, -0.15) is 0 Å². The lowest BCUT2D eigenvalue weighted by Gasteiger charge is -2.29. The number of hydrogen-bond acceptors (Lipinski definition) is 10. The van der Waals surface area contributed by atoms with Gasteiger partial charge in [-0.1, -0.05) is 6.07 Å². The number of methoxy groups -OCH3 is 1. The number of nitrogens with two attached hydrogens (primary N) is 1. The van der Waals surface area contributed by atoms with Crippen molar-refractivity contribution >= 4 is 28.3 Å². The van der Waals surface area contributed by atoms with Gasteiger partial charge in [0.25, 0.3) is 0 Å². The normalized spacial score (nSPS) is 16.5. The summed E-state index contributed by atoms with van der Waals surface area (Å²) in [6, 6.07) is 9.90. The Labute approximate surface area is 239 Å². The second kappa shape index (κ2) is 13.0. The van der Waals surface area contributed by atoms with Crippen LogP contribution >= 0.6 is 0 Å². The molecule has 3 N–H and O–H groups in total. The van der Waals surface area contributed by atoms with E-state index in [1.54, 1.807) is 35.5 Å². The number of primary amides is 1. The van der Waals surface area contributed by atoms with Crippen molar-refractivity contribution in [3.63, 3.8) is 0 Å². The topological polar surface area (TPSA) is 112 Å². The van der Waals surface area contributed by atoms with E-state index >= 15 is 0 Å². The monoisotopic (exact) mass is 564 g/mol. The standard InChI is InChI=1S/C29H37FN8O3/c1-35-8-4-9-36(12-11-35)10-5-13-41-27-16-25-24(15-26(27)40-2)29(33-20-32-25)34-22-17-37(19-28(31)39)38(18-22)23-7-3-6-21(30)14-23/h3,6-7,14-17,20H,4-5,8-13,18-19H2,1-2H3,(H2,31,39)(H,32,33,34). The SMILES string of the molecule is COc1cc2c(NC3=CN(CC(N)=O)N(c4cccc(F)c4)C3)ncnc2cc1OCCCN1CCCN(C)CC1. The molecule has 12 heteroatoms. The Morgan fingerprint density at radius 2 is 2.00 bits per heavy atom. The average Bonchev–Trinajstić information content (AvgIpc) is 3.21. The van der Waals surface area contributed by atoms with Crippen LogP contribution in [0, 0.1) is 5.82 Å². The summed E-state index contributed by atoms with van der Waals surface area (Å²) in [5, 5.41) is 7.52. The van der Waals surface area contributed by atoms with Crippen LogP contribution in [0.3, 0.4) is 0 Å². The molecule has 11 nitrogen and oxygen atoms in total. The van der Waals surface area contributed by atoms with Crippen LogP contribution in [0.15, 0.2) is 54.6 Å². The average molecular weight is 565 g/mol. The third kappa shape index (κ3) is 7.14. The van der Waals surface area contributed by atoms with E-state index in [1.165, 1.54) is 24.9 Å². The Bertz CT molecular complexity index is 1400. The number of carbonyl (C=O) groups excluding carboxylic acids is 1. The van der Waals surface area contributed by atoms with Crippen molar-refractivity contribution in [1.82, 2.24) is 24.8 Å². The Morgan fingerprint density at radius 1 is 1.12 bits per heavy atom. The summed E-state index contributed by atoms with van der Waals surface area (Å²) in [7, 11) is 3.78. The highest BCUT2D eigenvalue weighted by atomic mass is 19.1. The van der Waals surface area contributed by atoms with Crippen LogP contribution in [0.5, 0.6) is 11.5 Å². The van der Waals surface area contributed by atoms with Gasteiger partial charge in [-0.25, -0.2) is 14.4 Å². The summed E-state index contributed by atoms with van der Waals surface area (Å²) in [5.74, 6) is 0.906. The van der Waals surface area contributed by atoms with Crippen LogP contribution in [-0.2, 0) is 4.79 Å². The maximum atomic E-state index is 13.9. The molecule has 2 aliphatic rings. The van der Waals surface area contributed by atoms with Gasteiger partial charge in [-0.15, -0.1) is 0 Å². The molecule has 5 rings (SSSR count). The van der Waals surface area contributed by atoms with E-state index < -0.39 is 5.91 Å². The van der Waals surface area contributed by atoms with Crippen molar-refractivity contribution in [3.05, 3.63) is 60.4 Å². The van der Waals surface area contributed by atoms with Gasteiger partial charge in [0.05, 0.1) is 37.2 Å². The molecule has 2 aliphatic heterocycles. The van der Waals surface area contributed by atoms with E-state index in [2.05, 4.69) is 32.1 Å². The number of hydrogen-bond donors (Lipinski definition) is 2. The molecule has 1 fully saturated rings. The molecule has 0 aliphatic carbocycles. The number of aromatic nitrogens is 2. The van der Waals surface area contributed by atoms with E-state index in [9.17, 15) is 9.18 Å². The first kappa shape index (κ1) is 28.4. The number of hydrazine groups is 1. The third-order valence-electron chi connectivity index (χ3n) is 7.25. The van der Waals surface area contributed by atoms with Crippen molar-refractivity contribution in [2.24, 2.45) is 5.73 Å². The summed E-state index contributed by atoms with van der Waals surface area (Å²) < 4.78 is 25.7. The van der Waals surface area contributed by atoms with Crippen molar-refractivity contribution in [2.75, 3.05) is 76.9 Å². The highest BCUT2D eigenvalue weighted by molar-refractivity contribution is 5.92. The summed E-state index contributed by atoms with van der Waals surface area (Å²) in [6.07, 6.45) is 5.35. The number of amides is 1. The van der Waals surface area contributed by atoms with Gasteiger partial charge in [0.2, 0.25) is 5.91 Å². The van der Waals surface area contributed by atoms with Crippen LogP contribution in [0.4, 0.5) is 15.9 Å². The van der Waals surface area contributed by atoms with Crippen molar-refractivity contribution in [3.8, 4) is 11.5 Å². The molecule has 0 saturated carbocycles. The molecule has 1 saturated heterocycles. The number of ether oxygens (including phenoxy) is 2. The predicted octanol–water partition coefficient (Wildman–Crippen LogP) is 2.66. The molecule has 1 aromatic heterocycles. The maximum absolute atomic E-state index is 13.9. The van der Waals surface area contributed by atoms with Crippen molar-refractivity contribution in [1.29, 1.82) is 0 Å². The Balaban J connectivity index is 1.28. The number of rotatable bonds is 11. The molecule has 0 spiro atoms. The number of nitrogens with one attached hydrogen (secondary N) is 1. The molecule has 1 amide bonds. The summed E-state index contributed by atoms with van der Waals surface area (Å²) in [5.41, 5.74) is 7.51. The van der Waals surface area contributed by atoms with Gasteiger partial charge in [0, 0.05) is 37.3 Å². The van der Waals surface area contributed by atoms with Gasteiger partial charge in [0.15, 0.2) is 11.5 Å². The van der Waals surface area contributed by atoms with E-state index in [0.717, 1.165) is 50.2 Å². The Morgan fingerprint density at radius 3 is 2.80 bits per heavy atom. The lowest BCUT2D eigenvalue weighted by atomic mass is 10.2. The molecule has 41 heavy (non-hydrogen) atoms. The molecule has 218 valence electrons. The first-order chi connectivity index (χ1) is 19.9. The van der Waals surface area contributed by atoms with Gasteiger partial charge in [-0.3, -0.25) is 14.8 Å². The second-order valence-corrected chi connectivity index (χ2v) is 10.3. The van der Waals surface area contributed by atoms with E-state index in [-0.39, 0.29) is 12.4 Å². The lowest BCUT2D eigenvalue weighted by molar-refractivity contribution is -0.118. The van der Waals surface area contributed by atoms with Crippen LogP contribution in [0.1, 0.15) is 12.8 Å². The first-order valence-corrected chi connectivity index (χ1v) is 13.8. The summed E-state index contributed by atoms with van der Waals surface area (Å²) in [4.78, 5) is 25.5. The molecule has 2 aromatic carbocycles. The largest absolute Gasteiger partial charge is 0.493 e. The Kier molecular flexibility index (Phi) is 9.00. The molecular formula is C29H37FN8O3. The fourth-order valence-corrected chi connectivity index (χ4v) is 5.16. The number of nitrogens with zero attached hydrogens (tertiary/aromatic N) is 6. The number of fused-ring (bicyclic) bond motifs is 1. The van der Waals surface area contributed by atoms with E-state index in [0.29, 0.717) is 41.7 Å². The first-order valence-electron chi connectivity index (χ1n) is 13.8. The maximum Gasteiger partial charge on any atom is 0.239 e. The minimum Gasteiger partial charge on any atom is -0.493 e. The van der Waals surface area contributed by atoms with E-state index in [1.807, 2.05) is 12.1 Å². The number of anilines is 2. The molecule has 0 unspecified atom stereocenters. The van der Waals surface area contributed by atoms with Crippen LogP contribution in [0.2, 0.25) is 0 Å². The van der Waals surface area contributed by atoms with Gasteiger partial charge < -0.3 is 30.3 Å². The van der Waals surface area contributed by atoms with Crippen molar-refractivity contribution in [2.45, 2.75) is 12.8 Å². The molecule has 3 heterocycles. The zero-order valence-corrected chi connectivity index (χ0v) is 23.6. The van der Waals surface area contributed by atoms with Crippen LogP contribution in [-0.4, -0.2) is 97.3 Å². The zero-order valence-electron chi connectivity index (χ0n) is 23.6. The highest BCUT2D eigenvalue weighted by Crippen LogP contribution is 2.35. The molecular weight excluding hydrogens is 527 g/mol. The summed E-state index contributed by atoms with van der Waals surface area (Å²) >= 11 is 0. The number of carbonyl (C=O) groups is 1. The third-order valence-corrected chi connectivity index (χ3v) is 7.25. The van der Waals surface area contributed by atoms with E-state index in [4.69, 9.17) is 15.2 Å². The van der Waals surface area contributed by atoms with Crippen LogP contribution in [0.25, 0.3) is 10.9 Å². The van der Waals surface area contributed by atoms with Gasteiger partial charge in [-0.05, 0) is 57.2 Å². The minimum absolute atomic E-state index is 0.0600. The molecule has 0 atom stereocenters. The van der Waals surface area contributed by atoms with Crippen LogP contribution < -0.4 is 25.5 Å². The smallest absolute Gasteiger partial charge is 0.239 e. The lowest BCUT2D eigenvalue weighted by Crippen LogP contribution is -2.41. The molecule has 0 bridgehead atoms. The predicted molar refractivity (Wildman–Crippen MR) is 156 cm³/mol. The minimum atomic E-state index is -0.507. The number of likely N-dealkylation sites (N-methyl/N-ethyl adjacent to an activating group) is 1. The number of benzene rings is 2. The van der Waals surface area contributed by atoms with Gasteiger partial charge in [0.1, 0.15) is 24.5 Å². The summed E-state index contributed by atoms with van der Waals surface area (Å²) in [6.45, 7) is 6.31. The highest BCUT2D eigenvalue weighted by Gasteiger charge is 2.25. The quantitative estimate of drug-likeness (QED) is 0.337. The number of halogens is 1. The van der Waals surface area contributed by atoms with Crippen molar-refractivity contribution < 1.29 is 18.7 Å².